The maximum Gasteiger partial charge on any atom is 0.310 e. The fourth-order valence-corrected chi connectivity index (χ4v) is 2.57. The second kappa shape index (κ2) is 7.36. The molecule has 7 heteroatoms. The Kier molecular flexibility index (Phi) is 5.00. The Labute approximate surface area is 148 Å². The van der Waals surface area contributed by atoms with E-state index in [4.69, 9.17) is 21.1 Å². The number of esters is 1. The van der Waals surface area contributed by atoms with Crippen LogP contribution in [0.2, 0.25) is 5.02 Å². The Morgan fingerprint density at radius 1 is 1.24 bits per heavy atom. The first-order chi connectivity index (χ1) is 12.1. The van der Waals surface area contributed by atoms with E-state index in [1.165, 1.54) is 16.7 Å². The third kappa shape index (κ3) is 3.97. The minimum absolute atomic E-state index is 0.0756. The lowest BCUT2D eigenvalue weighted by Gasteiger charge is -2.09. The van der Waals surface area contributed by atoms with Crippen LogP contribution >= 0.6 is 11.6 Å². The van der Waals surface area contributed by atoms with Gasteiger partial charge in [-0.05, 0) is 18.2 Å². The molecule has 0 bridgehead atoms. The highest BCUT2D eigenvalue weighted by atomic mass is 35.5. The molecule has 0 fully saturated rings. The monoisotopic (exact) mass is 358 g/mol. The maximum atomic E-state index is 12.1. The fraction of sp³-hybridized carbons (Fsp3) is 0.167. The van der Waals surface area contributed by atoms with Crippen molar-refractivity contribution in [3.63, 3.8) is 0 Å². The molecule has 3 aromatic rings. The summed E-state index contributed by atoms with van der Waals surface area (Å²) in [6.07, 6.45) is 1.57. The van der Waals surface area contributed by atoms with Gasteiger partial charge in [0.25, 0.3) is 5.56 Å². The number of fused-ring (bicyclic) bond motifs is 1. The lowest BCUT2D eigenvalue weighted by Crippen LogP contribution is -2.17. The SMILES string of the molecule is COc1ccccc1CC(=O)OCc1cc(=O)n2cc(Cl)ccc2n1. The molecule has 1 aromatic carbocycles. The van der Waals surface area contributed by atoms with Crippen LogP contribution in [0.3, 0.4) is 0 Å². The highest BCUT2D eigenvalue weighted by Gasteiger charge is 2.11. The molecule has 2 heterocycles. The van der Waals surface area contributed by atoms with Gasteiger partial charge in [0, 0.05) is 17.8 Å². The van der Waals surface area contributed by atoms with Gasteiger partial charge in [0.1, 0.15) is 18.0 Å². The lowest BCUT2D eigenvalue weighted by molar-refractivity contribution is -0.144. The summed E-state index contributed by atoms with van der Waals surface area (Å²) in [4.78, 5) is 28.4. The summed E-state index contributed by atoms with van der Waals surface area (Å²) in [6, 6.07) is 11.8. The van der Waals surface area contributed by atoms with Crippen molar-refractivity contribution in [1.29, 1.82) is 0 Å². The number of halogens is 1. The van der Waals surface area contributed by atoms with E-state index in [-0.39, 0.29) is 18.6 Å². The Bertz CT molecular complexity index is 984. The molecule has 6 nitrogen and oxygen atoms in total. The molecule has 25 heavy (non-hydrogen) atoms. The van der Waals surface area contributed by atoms with Crippen molar-refractivity contribution in [2.45, 2.75) is 13.0 Å². The van der Waals surface area contributed by atoms with Gasteiger partial charge in [-0.3, -0.25) is 14.0 Å². The zero-order chi connectivity index (χ0) is 17.8. The van der Waals surface area contributed by atoms with E-state index in [2.05, 4.69) is 4.98 Å². The first-order valence-corrected chi connectivity index (χ1v) is 7.90. The molecule has 3 rings (SSSR count). The zero-order valence-electron chi connectivity index (χ0n) is 13.4. The minimum atomic E-state index is -0.428. The Balaban J connectivity index is 1.71. The van der Waals surface area contributed by atoms with E-state index in [0.717, 1.165) is 5.56 Å². The summed E-state index contributed by atoms with van der Waals surface area (Å²) >= 11 is 5.87. The third-order valence-corrected chi connectivity index (χ3v) is 3.81. The van der Waals surface area contributed by atoms with Crippen molar-refractivity contribution in [3.05, 3.63) is 75.3 Å². The summed E-state index contributed by atoms with van der Waals surface area (Å²) in [5.74, 6) is 0.195. The van der Waals surface area contributed by atoms with Crippen LogP contribution in [0.1, 0.15) is 11.3 Å². The number of ether oxygens (including phenoxy) is 2. The van der Waals surface area contributed by atoms with Gasteiger partial charge in [-0.2, -0.15) is 0 Å². The first-order valence-electron chi connectivity index (χ1n) is 7.52. The molecule has 128 valence electrons. The number of carbonyl (C=O) groups is 1. The highest BCUT2D eigenvalue weighted by molar-refractivity contribution is 6.30. The highest BCUT2D eigenvalue weighted by Crippen LogP contribution is 2.18. The van der Waals surface area contributed by atoms with Crippen LogP contribution in [0.4, 0.5) is 0 Å². The van der Waals surface area contributed by atoms with E-state index in [1.54, 1.807) is 31.4 Å². The number of carbonyl (C=O) groups excluding carboxylic acids is 1. The smallest absolute Gasteiger partial charge is 0.310 e. The molecule has 0 spiro atoms. The van der Waals surface area contributed by atoms with Crippen molar-refractivity contribution in [3.8, 4) is 5.75 Å². The first kappa shape index (κ1) is 17.0. The number of methoxy groups -OCH3 is 1. The molecule has 0 saturated carbocycles. The van der Waals surface area contributed by atoms with Crippen molar-refractivity contribution in [2.24, 2.45) is 0 Å². The van der Waals surface area contributed by atoms with Crippen molar-refractivity contribution in [2.75, 3.05) is 7.11 Å². The van der Waals surface area contributed by atoms with Crippen molar-refractivity contribution < 1.29 is 14.3 Å². The predicted octanol–water partition coefficient (Wildman–Crippen LogP) is 2.64. The molecule has 0 saturated heterocycles. The number of nitrogens with zero attached hydrogens (tertiary/aromatic N) is 2. The minimum Gasteiger partial charge on any atom is -0.496 e. The summed E-state index contributed by atoms with van der Waals surface area (Å²) in [5, 5.41) is 0.437. The third-order valence-electron chi connectivity index (χ3n) is 3.58. The zero-order valence-corrected chi connectivity index (χ0v) is 14.2. The Hall–Kier alpha value is -2.86. The molecule has 0 aliphatic heterocycles. The fourth-order valence-electron chi connectivity index (χ4n) is 2.41. The second-order valence-corrected chi connectivity index (χ2v) is 5.75. The average molecular weight is 359 g/mol. The van der Waals surface area contributed by atoms with Crippen LogP contribution in [0.25, 0.3) is 5.65 Å². The van der Waals surface area contributed by atoms with Crippen LogP contribution < -0.4 is 10.3 Å². The molecule has 0 unspecified atom stereocenters. The lowest BCUT2D eigenvalue weighted by atomic mass is 10.1. The van der Waals surface area contributed by atoms with Gasteiger partial charge in [0.15, 0.2) is 0 Å². The Morgan fingerprint density at radius 3 is 2.84 bits per heavy atom. The molecule has 0 radical (unpaired) electrons. The summed E-state index contributed by atoms with van der Waals surface area (Å²) in [7, 11) is 1.54. The number of aromatic nitrogens is 2. The van der Waals surface area contributed by atoms with Gasteiger partial charge in [-0.25, -0.2) is 4.98 Å². The van der Waals surface area contributed by atoms with Gasteiger partial charge in [-0.15, -0.1) is 0 Å². The number of pyridine rings is 1. The van der Waals surface area contributed by atoms with Gasteiger partial charge in [0.2, 0.25) is 0 Å². The van der Waals surface area contributed by atoms with E-state index < -0.39 is 5.97 Å². The van der Waals surface area contributed by atoms with Crippen LogP contribution in [0, 0.1) is 0 Å². The van der Waals surface area contributed by atoms with Gasteiger partial charge in [-0.1, -0.05) is 29.8 Å². The number of hydrogen-bond acceptors (Lipinski definition) is 5. The van der Waals surface area contributed by atoms with Crippen LogP contribution in [-0.2, 0) is 22.6 Å². The van der Waals surface area contributed by atoms with E-state index in [1.807, 2.05) is 12.1 Å². The second-order valence-electron chi connectivity index (χ2n) is 5.31. The molecule has 0 N–H and O–H groups in total. The molecule has 0 aliphatic carbocycles. The molecular weight excluding hydrogens is 344 g/mol. The number of para-hydroxylation sites is 1. The predicted molar refractivity (Wildman–Crippen MR) is 93.0 cm³/mol. The largest absolute Gasteiger partial charge is 0.496 e. The van der Waals surface area contributed by atoms with Crippen LogP contribution in [-0.4, -0.2) is 22.5 Å². The van der Waals surface area contributed by atoms with Crippen molar-refractivity contribution in [1.82, 2.24) is 9.38 Å². The summed E-state index contributed by atoms with van der Waals surface area (Å²) < 4.78 is 11.8. The van der Waals surface area contributed by atoms with Crippen LogP contribution in [0.5, 0.6) is 5.75 Å². The molecule has 2 aromatic heterocycles. The van der Waals surface area contributed by atoms with Gasteiger partial charge >= 0.3 is 5.97 Å². The molecule has 0 aliphatic rings. The van der Waals surface area contributed by atoms with Crippen molar-refractivity contribution >= 4 is 23.2 Å². The molecular formula is C18H15ClN2O4. The summed E-state index contributed by atoms with van der Waals surface area (Å²) in [6.45, 7) is -0.0810. The van der Waals surface area contributed by atoms with E-state index >= 15 is 0 Å². The normalized spacial score (nSPS) is 10.6. The van der Waals surface area contributed by atoms with Gasteiger partial charge in [0.05, 0.1) is 24.2 Å². The molecule has 0 amide bonds. The topological polar surface area (TPSA) is 69.9 Å². The number of rotatable bonds is 5. The standard InChI is InChI=1S/C18H15ClN2O4/c1-24-15-5-3-2-4-12(15)8-18(23)25-11-14-9-17(22)21-10-13(19)6-7-16(21)20-14/h2-7,9-10H,8,11H2,1H3. The molecule has 0 atom stereocenters. The summed E-state index contributed by atoms with van der Waals surface area (Å²) in [5.41, 5.74) is 1.26. The Morgan fingerprint density at radius 2 is 2.04 bits per heavy atom. The van der Waals surface area contributed by atoms with Crippen LogP contribution in [0.15, 0.2) is 53.5 Å². The average Bonchev–Trinajstić information content (AvgIpc) is 2.61. The van der Waals surface area contributed by atoms with E-state index in [0.29, 0.717) is 22.1 Å². The maximum absolute atomic E-state index is 12.1. The van der Waals surface area contributed by atoms with E-state index in [9.17, 15) is 9.59 Å². The number of hydrogen-bond donors (Lipinski definition) is 0. The van der Waals surface area contributed by atoms with Gasteiger partial charge < -0.3 is 9.47 Å². The number of benzene rings is 1. The quantitative estimate of drug-likeness (QED) is 0.656.